The summed E-state index contributed by atoms with van der Waals surface area (Å²) >= 11 is 1.26. The summed E-state index contributed by atoms with van der Waals surface area (Å²) in [5.41, 5.74) is 2.69. The first-order chi connectivity index (χ1) is 19.0. The van der Waals surface area contributed by atoms with Crippen LogP contribution in [0, 0.1) is 11.3 Å². The third kappa shape index (κ3) is 6.01. The van der Waals surface area contributed by atoms with Crippen LogP contribution in [0.15, 0.2) is 99.5 Å². The summed E-state index contributed by atoms with van der Waals surface area (Å²) in [7, 11) is 1.59. The maximum Gasteiger partial charge on any atom is 0.345 e. The van der Waals surface area contributed by atoms with E-state index >= 15 is 0 Å². The lowest BCUT2D eigenvalue weighted by molar-refractivity contribution is -0.128. The molecule has 7 nitrogen and oxygen atoms in total. The molecular formula is C31H20N2O5S. The largest absolute Gasteiger partial charge is 0.497 e. The number of nitrogens with zero attached hydrogens (tertiary/aromatic N) is 2. The fraction of sp³-hybridized carbons (Fsp3) is 0.0323. The standard InChI is InChI=1S/C31H20N2O5S/c1-36-24-11-6-20(7-12-24)10-15-29(34)37-25-13-8-21(9-14-25)16-23(18-32)30-33-27(19-39-30)26-17-22-4-2-3-5-28(22)38-31(26)35/h2-17,19H,1H3/b15-10+,23-16+. The number of rotatable bonds is 7. The van der Waals surface area contributed by atoms with Crippen LogP contribution in [0.25, 0.3) is 40.0 Å². The second-order valence-corrected chi connectivity index (χ2v) is 9.15. The first kappa shape index (κ1) is 25.4. The molecule has 0 atom stereocenters. The van der Waals surface area contributed by atoms with Crippen molar-refractivity contribution in [3.63, 3.8) is 0 Å². The molecule has 0 bridgehead atoms. The molecule has 0 aliphatic rings. The van der Waals surface area contributed by atoms with E-state index in [9.17, 15) is 14.9 Å². The molecule has 5 rings (SSSR count). The third-order valence-electron chi connectivity index (χ3n) is 5.71. The second kappa shape index (κ2) is 11.4. The van der Waals surface area contributed by atoms with Gasteiger partial charge >= 0.3 is 11.6 Å². The summed E-state index contributed by atoms with van der Waals surface area (Å²) in [5, 5.41) is 12.7. The first-order valence-corrected chi connectivity index (χ1v) is 12.7. The van der Waals surface area contributed by atoms with Gasteiger partial charge in [-0.05, 0) is 59.7 Å². The Hall–Kier alpha value is -5.26. The Kier molecular flexibility index (Phi) is 7.44. The fourth-order valence-corrected chi connectivity index (χ4v) is 4.52. The number of thiazole rings is 1. The molecular weight excluding hydrogens is 512 g/mol. The Bertz CT molecular complexity index is 1810. The van der Waals surface area contributed by atoms with Crippen LogP contribution >= 0.6 is 11.3 Å². The minimum atomic E-state index is -0.514. The third-order valence-corrected chi connectivity index (χ3v) is 6.59. The van der Waals surface area contributed by atoms with Crippen LogP contribution in [-0.4, -0.2) is 18.1 Å². The van der Waals surface area contributed by atoms with Crippen LogP contribution in [0.4, 0.5) is 0 Å². The van der Waals surface area contributed by atoms with Crippen molar-refractivity contribution in [1.29, 1.82) is 5.26 Å². The predicted octanol–water partition coefficient (Wildman–Crippen LogP) is 6.61. The summed E-state index contributed by atoms with van der Waals surface area (Å²) in [6.07, 6.45) is 4.68. The number of hydrogen-bond donors (Lipinski definition) is 0. The van der Waals surface area contributed by atoms with Gasteiger partial charge in [-0.3, -0.25) is 0 Å². The number of esters is 1. The molecule has 0 aliphatic heterocycles. The quantitative estimate of drug-likeness (QED) is 0.0764. The predicted molar refractivity (Wildman–Crippen MR) is 151 cm³/mol. The molecule has 2 heterocycles. The number of methoxy groups -OCH3 is 1. The van der Waals surface area contributed by atoms with Crippen molar-refractivity contribution in [2.45, 2.75) is 0 Å². The van der Waals surface area contributed by atoms with Crippen LogP contribution in [0.1, 0.15) is 16.1 Å². The zero-order valence-electron chi connectivity index (χ0n) is 20.7. The minimum Gasteiger partial charge on any atom is -0.497 e. The van der Waals surface area contributed by atoms with Crippen molar-refractivity contribution in [2.24, 2.45) is 0 Å². The molecule has 0 fully saturated rings. The molecule has 190 valence electrons. The molecule has 0 aliphatic carbocycles. The van der Waals surface area contributed by atoms with E-state index in [0.29, 0.717) is 33.2 Å². The molecule has 0 saturated carbocycles. The number of ether oxygens (including phenoxy) is 2. The lowest BCUT2D eigenvalue weighted by Gasteiger charge is -2.02. The molecule has 8 heteroatoms. The molecule has 3 aromatic carbocycles. The Balaban J connectivity index is 1.28. The van der Waals surface area contributed by atoms with Gasteiger partial charge in [0.15, 0.2) is 0 Å². The van der Waals surface area contributed by atoms with Crippen molar-refractivity contribution in [3.8, 4) is 28.8 Å². The van der Waals surface area contributed by atoms with E-state index in [0.717, 1.165) is 22.3 Å². The van der Waals surface area contributed by atoms with Gasteiger partial charge in [-0.15, -0.1) is 11.3 Å². The van der Waals surface area contributed by atoms with Crippen LogP contribution in [0.2, 0.25) is 0 Å². The average Bonchev–Trinajstić information content (AvgIpc) is 3.45. The maximum atomic E-state index is 12.5. The van der Waals surface area contributed by atoms with E-state index in [1.54, 1.807) is 79.2 Å². The topological polar surface area (TPSA) is 102 Å². The molecule has 39 heavy (non-hydrogen) atoms. The van der Waals surface area contributed by atoms with E-state index < -0.39 is 11.6 Å². The number of benzene rings is 3. The number of fused-ring (bicyclic) bond motifs is 1. The highest BCUT2D eigenvalue weighted by Gasteiger charge is 2.14. The fourth-order valence-electron chi connectivity index (χ4n) is 3.73. The number of allylic oxidation sites excluding steroid dienone is 1. The van der Waals surface area contributed by atoms with Gasteiger partial charge in [-0.1, -0.05) is 42.5 Å². The van der Waals surface area contributed by atoms with Gasteiger partial charge in [0.2, 0.25) is 0 Å². The smallest absolute Gasteiger partial charge is 0.345 e. The second-order valence-electron chi connectivity index (χ2n) is 8.29. The van der Waals surface area contributed by atoms with E-state index in [2.05, 4.69) is 11.1 Å². The van der Waals surface area contributed by atoms with Gasteiger partial charge in [0.1, 0.15) is 28.2 Å². The summed E-state index contributed by atoms with van der Waals surface area (Å²) < 4.78 is 15.9. The summed E-state index contributed by atoms with van der Waals surface area (Å²) in [6.45, 7) is 0. The number of hydrogen-bond acceptors (Lipinski definition) is 8. The highest BCUT2D eigenvalue weighted by atomic mass is 32.1. The van der Waals surface area contributed by atoms with Gasteiger partial charge < -0.3 is 13.9 Å². The zero-order chi connectivity index (χ0) is 27.2. The number of para-hydroxylation sites is 1. The molecule has 0 amide bonds. The summed E-state index contributed by atoms with van der Waals surface area (Å²) in [5.74, 6) is 0.589. The van der Waals surface area contributed by atoms with Crippen LogP contribution in [-0.2, 0) is 4.79 Å². The molecule has 0 radical (unpaired) electrons. The molecule has 2 aromatic heterocycles. The zero-order valence-corrected chi connectivity index (χ0v) is 21.5. The normalized spacial score (nSPS) is 11.4. The van der Waals surface area contributed by atoms with Crippen molar-refractivity contribution in [1.82, 2.24) is 4.98 Å². The molecule has 0 spiro atoms. The van der Waals surface area contributed by atoms with Crippen molar-refractivity contribution < 1.29 is 18.7 Å². The lowest BCUT2D eigenvalue weighted by atomic mass is 10.1. The number of aromatic nitrogens is 1. The van der Waals surface area contributed by atoms with Gasteiger partial charge in [0.25, 0.3) is 0 Å². The van der Waals surface area contributed by atoms with E-state index in [-0.39, 0.29) is 0 Å². The summed E-state index contributed by atoms with van der Waals surface area (Å²) in [6, 6.07) is 25.2. The van der Waals surface area contributed by atoms with Crippen molar-refractivity contribution >= 4 is 46.0 Å². The van der Waals surface area contributed by atoms with Gasteiger partial charge in [-0.25, -0.2) is 14.6 Å². The van der Waals surface area contributed by atoms with Crippen LogP contribution in [0.5, 0.6) is 11.5 Å². The average molecular weight is 533 g/mol. The Labute approximate surface area is 227 Å². The van der Waals surface area contributed by atoms with E-state index in [4.69, 9.17) is 13.9 Å². The Morgan fingerprint density at radius 2 is 1.72 bits per heavy atom. The van der Waals surface area contributed by atoms with Gasteiger partial charge in [0.05, 0.1) is 23.9 Å². The number of carbonyl (C=O) groups is 1. The van der Waals surface area contributed by atoms with Crippen LogP contribution in [0.3, 0.4) is 0 Å². The van der Waals surface area contributed by atoms with Crippen molar-refractivity contribution in [2.75, 3.05) is 7.11 Å². The SMILES string of the molecule is COc1ccc(/C=C/C(=O)Oc2ccc(/C=C(\C#N)c3nc(-c4cc5ccccc5oc4=O)cs3)cc2)cc1. The highest BCUT2D eigenvalue weighted by molar-refractivity contribution is 7.11. The Morgan fingerprint density at radius 1 is 1.00 bits per heavy atom. The minimum absolute atomic E-state index is 0.334. The van der Waals surface area contributed by atoms with E-state index in [1.165, 1.54) is 17.4 Å². The number of carbonyl (C=O) groups excluding carboxylic acids is 1. The first-order valence-electron chi connectivity index (χ1n) is 11.8. The molecule has 0 saturated heterocycles. The molecule has 5 aromatic rings. The monoisotopic (exact) mass is 532 g/mol. The summed E-state index contributed by atoms with van der Waals surface area (Å²) in [4.78, 5) is 29.2. The maximum absolute atomic E-state index is 12.5. The van der Waals surface area contributed by atoms with Crippen LogP contribution < -0.4 is 15.1 Å². The van der Waals surface area contributed by atoms with E-state index in [1.807, 2.05) is 24.3 Å². The van der Waals surface area contributed by atoms with Gasteiger partial charge in [0, 0.05) is 16.8 Å². The lowest BCUT2D eigenvalue weighted by Crippen LogP contribution is -2.03. The van der Waals surface area contributed by atoms with Crippen molar-refractivity contribution in [3.05, 3.63) is 117 Å². The number of nitriles is 1. The Morgan fingerprint density at radius 3 is 2.46 bits per heavy atom. The molecule has 0 unspecified atom stereocenters. The van der Waals surface area contributed by atoms with Gasteiger partial charge in [-0.2, -0.15) is 5.26 Å². The molecule has 0 N–H and O–H groups in total. The highest BCUT2D eigenvalue weighted by Crippen LogP contribution is 2.28.